The first-order chi connectivity index (χ1) is 10.9. The number of carbonyl (C=O) groups is 1. The molecule has 1 N–H and O–H groups in total. The number of halogens is 3. The van der Waals surface area contributed by atoms with E-state index in [1.165, 1.54) is 6.07 Å². The van der Waals surface area contributed by atoms with Crippen molar-refractivity contribution < 1.29 is 27.8 Å². The second-order valence-electron chi connectivity index (χ2n) is 5.03. The number of fused-ring (bicyclic) bond motifs is 1. The van der Waals surface area contributed by atoms with Gasteiger partial charge in [0, 0.05) is 11.1 Å². The SMILES string of the molecule is O=C(O)C1=Cc2cccc(-c3ccccc3)c2OC1C(F)(F)F. The Balaban J connectivity index is 2.17. The number of hydrogen-bond acceptors (Lipinski definition) is 2. The highest BCUT2D eigenvalue weighted by molar-refractivity contribution is 5.96. The zero-order valence-electron chi connectivity index (χ0n) is 11.7. The van der Waals surface area contributed by atoms with Gasteiger partial charge in [-0.05, 0) is 11.6 Å². The summed E-state index contributed by atoms with van der Waals surface area (Å²) in [4.78, 5) is 11.1. The summed E-state index contributed by atoms with van der Waals surface area (Å²) in [7, 11) is 0. The minimum absolute atomic E-state index is 0.0334. The molecule has 1 atom stereocenters. The Morgan fingerprint density at radius 3 is 2.35 bits per heavy atom. The van der Waals surface area contributed by atoms with Crippen molar-refractivity contribution in [2.24, 2.45) is 0 Å². The van der Waals surface area contributed by atoms with Crippen molar-refractivity contribution >= 4 is 12.0 Å². The standard InChI is InChI=1S/C17H11F3O3/c18-17(19,20)15-13(16(21)22)9-11-7-4-8-12(14(11)23-15)10-5-2-1-3-6-10/h1-9,15H,(H,21,22). The van der Waals surface area contributed by atoms with Crippen LogP contribution in [0.3, 0.4) is 0 Å². The van der Waals surface area contributed by atoms with E-state index < -0.39 is 23.8 Å². The molecule has 6 heteroatoms. The zero-order chi connectivity index (χ0) is 16.6. The van der Waals surface area contributed by atoms with Gasteiger partial charge in [-0.1, -0.05) is 48.5 Å². The fraction of sp³-hybridized carbons (Fsp3) is 0.118. The number of carboxylic acid groups (broad SMARTS) is 1. The summed E-state index contributed by atoms with van der Waals surface area (Å²) in [6.07, 6.45) is -6.28. The van der Waals surface area contributed by atoms with Gasteiger partial charge in [-0.25, -0.2) is 4.79 Å². The molecule has 3 rings (SSSR count). The quantitative estimate of drug-likeness (QED) is 0.904. The lowest BCUT2D eigenvalue weighted by molar-refractivity contribution is -0.187. The van der Waals surface area contributed by atoms with Crippen molar-refractivity contribution in [3.05, 3.63) is 59.7 Å². The van der Waals surface area contributed by atoms with Gasteiger partial charge < -0.3 is 9.84 Å². The van der Waals surface area contributed by atoms with E-state index in [0.29, 0.717) is 16.7 Å². The molecule has 0 aromatic heterocycles. The van der Waals surface area contributed by atoms with Gasteiger partial charge in [0.2, 0.25) is 6.10 Å². The maximum Gasteiger partial charge on any atom is 0.430 e. The lowest BCUT2D eigenvalue weighted by Gasteiger charge is -2.28. The second-order valence-corrected chi connectivity index (χ2v) is 5.03. The third kappa shape index (κ3) is 2.79. The summed E-state index contributed by atoms with van der Waals surface area (Å²) in [6.45, 7) is 0. The summed E-state index contributed by atoms with van der Waals surface area (Å²) in [5, 5.41) is 9.04. The summed E-state index contributed by atoms with van der Waals surface area (Å²) < 4.78 is 44.5. The predicted molar refractivity (Wildman–Crippen MR) is 78.0 cm³/mol. The predicted octanol–water partition coefficient (Wildman–Crippen LogP) is 4.14. The molecule has 2 aromatic rings. The fourth-order valence-corrected chi connectivity index (χ4v) is 2.49. The minimum atomic E-state index is -4.81. The monoisotopic (exact) mass is 320 g/mol. The first kappa shape index (κ1) is 15.1. The van der Waals surface area contributed by atoms with Crippen molar-refractivity contribution in [3.8, 4) is 16.9 Å². The first-order valence-electron chi connectivity index (χ1n) is 6.74. The molecule has 1 heterocycles. The Bertz CT molecular complexity index is 779. The normalized spacial score (nSPS) is 17.0. The Labute approximate surface area is 129 Å². The molecule has 118 valence electrons. The van der Waals surface area contributed by atoms with Crippen LogP contribution in [-0.4, -0.2) is 23.4 Å². The molecule has 0 bridgehead atoms. The van der Waals surface area contributed by atoms with Crippen LogP contribution in [0.2, 0.25) is 0 Å². The van der Waals surface area contributed by atoms with Crippen molar-refractivity contribution in [1.82, 2.24) is 0 Å². The van der Waals surface area contributed by atoms with Crippen LogP contribution in [0.25, 0.3) is 17.2 Å². The van der Waals surface area contributed by atoms with Crippen LogP contribution in [-0.2, 0) is 4.79 Å². The van der Waals surface area contributed by atoms with Gasteiger partial charge in [0.05, 0.1) is 5.57 Å². The molecule has 0 radical (unpaired) electrons. The highest BCUT2D eigenvalue weighted by Gasteiger charge is 2.48. The number of benzene rings is 2. The molecule has 23 heavy (non-hydrogen) atoms. The lowest BCUT2D eigenvalue weighted by atomic mass is 9.96. The lowest BCUT2D eigenvalue weighted by Crippen LogP contribution is -2.40. The van der Waals surface area contributed by atoms with Crippen LogP contribution >= 0.6 is 0 Å². The zero-order valence-corrected chi connectivity index (χ0v) is 11.7. The summed E-state index contributed by atoms with van der Waals surface area (Å²) in [5.74, 6) is -1.62. The third-order valence-electron chi connectivity index (χ3n) is 3.50. The molecule has 2 aromatic carbocycles. The summed E-state index contributed by atoms with van der Waals surface area (Å²) in [6, 6.07) is 13.6. The average Bonchev–Trinajstić information content (AvgIpc) is 2.53. The van der Waals surface area contributed by atoms with Crippen LogP contribution in [0, 0.1) is 0 Å². The Morgan fingerprint density at radius 2 is 1.74 bits per heavy atom. The molecule has 0 saturated carbocycles. The second kappa shape index (κ2) is 5.46. The number of ether oxygens (including phenoxy) is 1. The minimum Gasteiger partial charge on any atom is -0.478 e. The third-order valence-corrected chi connectivity index (χ3v) is 3.50. The van der Waals surface area contributed by atoms with E-state index in [1.54, 1.807) is 42.5 Å². The molecule has 0 amide bonds. The van der Waals surface area contributed by atoms with Crippen molar-refractivity contribution in [3.63, 3.8) is 0 Å². The Kier molecular flexibility index (Phi) is 3.60. The van der Waals surface area contributed by atoms with Crippen LogP contribution in [0.5, 0.6) is 5.75 Å². The molecule has 3 nitrogen and oxygen atoms in total. The van der Waals surface area contributed by atoms with Crippen molar-refractivity contribution in [2.75, 3.05) is 0 Å². The molecule has 0 aliphatic carbocycles. The highest BCUT2D eigenvalue weighted by atomic mass is 19.4. The van der Waals surface area contributed by atoms with E-state index in [1.807, 2.05) is 0 Å². The number of rotatable bonds is 2. The Hall–Kier alpha value is -2.76. The topological polar surface area (TPSA) is 46.5 Å². The van der Waals surface area contributed by atoms with Gasteiger partial charge in [-0.15, -0.1) is 0 Å². The van der Waals surface area contributed by atoms with Crippen molar-refractivity contribution in [2.45, 2.75) is 12.3 Å². The van der Waals surface area contributed by atoms with Crippen molar-refractivity contribution in [1.29, 1.82) is 0 Å². The maximum absolute atomic E-state index is 13.2. The van der Waals surface area contributed by atoms with E-state index in [0.717, 1.165) is 6.08 Å². The van der Waals surface area contributed by atoms with E-state index in [2.05, 4.69) is 0 Å². The van der Waals surface area contributed by atoms with Gasteiger partial charge in [-0.3, -0.25) is 0 Å². The molecule has 1 aliphatic rings. The van der Waals surface area contributed by atoms with E-state index in [-0.39, 0.29) is 5.75 Å². The molecule has 1 aliphatic heterocycles. The number of hydrogen-bond donors (Lipinski definition) is 1. The van der Waals surface area contributed by atoms with Gasteiger partial charge in [0.15, 0.2) is 0 Å². The summed E-state index contributed by atoms with van der Waals surface area (Å²) in [5.41, 5.74) is 0.662. The molecule has 0 fully saturated rings. The van der Waals surface area contributed by atoms with Gasteiger partial charge in [-0.2, -0.15) is 13.2 Å². The highest BCUT2D eigenvalue weighted by Crippen LogP contribution is 2.42. The van der Waals surface area contributed by atoms with Crippen LogP contribution in [0.15, 0.2) is 54.1 Å². The van der Waals surface area contributed by atoms with Crippen LogP contribution in [0.4, 0.5) is 13.2 Å². The molecular weight excluding hydrogens is 309 g/mol. The molecule has 0 saturated heterocycles. The number of aliphatic carboxylic acids is 1. The average molecular weight is 320 g/mol. The Morgan fingerprint density at radius 1 is 1.04 bits per heavy atom. The van der Waals surface area contributed by atoms with Gasteiger partial charge >= 0.3 is 12.1 Å². The maximum atomic E-state index is 13.2. The smallest absolute Gasteiger partial charge is 0.430 e. The largest absolute Gasteiger partial charge is 0.478 e. The molecule has 1 unspecified atom stereocenters. The van der Waals surface area contributed by atoms with Crippen LogP contribution < -0.4 is 4.74 Å². The van der Waals surface area contributed by atoms with E-state index >= 15 is 0 Å². The number of alkyl halides is 3. The van der Waals surface area contributed by atoms with Gasteiger partial charge in [0.1, 0.15) is 5.75 Å². The van der Waals surface area contributed by atoms with E-state index in [9.17, 15) is 18.0 Å². The first-order valence-corrected chi connectivity index (χ1v) is 6.74. The fourth-order valence-electron chi connectivity index (χ4n) is 2.49. The molecular formula is C17H11F3O3. The number of para-hydroxylation sites is 1. The van der Waals surface area contributed by atoms with Gasteiger partial charge in [0.25, 0.3) is 0 Å². The summed E-state index contributed by atoms with van der Waals surface area (Å²) >= 11 is 0. The van der Waals surface area contributed by atoms with E-state index in [4.69, 9.17) is 9.84 Å². The van der Waals surface area contributed by atoms with Crippen LogP contribution in [0.1, 0.15) is 5.56 Å². The molecule has 0 spiro atoms. The number of carboxylic acids is 1.